The van der Waals surface area contributed by atoms with Crippen molar-refractivity contribution in [2.24, 2.45) is 17.7 Å². The summed E-state index contributed by atoms with van der Waals surface area (Å²) in [6, 6.07) is 2.16. The van der Waals surface area contributed by atoms with Crippen LogP contribution in [0.2, 0.25) is 0 Å². The molecule has 2 aliphatic heterocycles. The van der Waals surface area contributed by atoms with E-state index < -0.39 is 0 Å². The Morgan fingerprint density at radius 2 is 1.88 bits per heavy atom. The van der Waals surface area contributed by atoms with Crippen molar-refractivity contribution in [3.05, 3.63) is 0 Å². The van der Waals surface area contributed by atoms with E-state index in [0.29, 0.717) is 12.0 Å². The topological polar surface area (TPSA) is 41.3 Å². The molecule has 0 aromatic heterocycles. The molecule has 16 heavy (non-hydrogen) atoms. The molecule has 2 saturated heterocycles. The predicted octanol–water partition coefficient (Wildman–Crippen LogP) is 1.74. The van der Waals surface area contributed by atoms with E-state index in [-0.39, 0.29) is 0 Å². The van der Waals surface area contributed by atoms with Crippen molar-refractivity contribution in [1.29, 1.82) is 0 Å². The Kier molecular flexibility index (Phi) is 3.88. The first-order chi connectivity index (χ1) is 7.67. The monoisotopic (exact) mass is 225 g/mol. The minimum Gasteiger partial charge on any atom is -0.300 e. The second-order valence-corrected chi connectivity index (χ2v) is 5.86. The highest BCUT2D eigenvalue weighted by atomic mass is 15.2. The van der Waals surface area contributed by atoms with E-state index in [2.05, 4.69) is 31.2 Å². The Labute approximate surface area is 99.7 Å². The van der Waals surface area contributed by atoms with E-state index in [1.54, 1.807) is 0 Å². The van der Waals surface area contributed by atoms with E-state index in [4.69, 9.17) is 5.84 Å². The zero-order chi connectivity index (χ0) is 11.7. The first-order valence-corrected chi connectivity index (χ1v) is 6.85. The Bertz CT molecular complexity index is 217. The number of hydrogen-bond acceptors (Lipinski definition) is 3. The number of hydrogen-bond donors (Lipinski definition) is 2. The molecule has 94 valence electrons. The van der Waals surface area contributed by atoms with Gasteiger partial charge < -0.3 is 4.90 Å². The van der Waals surface area contributed by atoms with Crippen molar-refractivity contribution < 1.29 is 0 Å². The van der Waals surface area contributed by atoms with Crippen LogP contribution < -0.4 is 11.3 Å². The highest BCUT2D eigenvalue weighted by Crippen LogP contribution is 2.40. The van der Waals surface area contributed by atoms with Crippen LogP contribution >= 0.6 is 0 Å². The average Bonchev–Trinajstić information content (AvgIpc) is 2.54. The Balaban J connectivity index is 2.00. The van der Waals surface area contributed by atoms with Gasteiger partial charge in [0.25, 0.3) is 0 Å². The standard InChI is InChI=1S/C13H27N3/c1-4-9(2)13(15-14)10-7-11-5-6-12(8-10)16(11)3/h9-13,15H,4-8,14H2,1-3H3. The number of nitrogens with zero attached hydrogens (tertiary/aromatic N) is 1. The summed E-state index contributed by atoms with van der Waals surface area (Å²) < 4.78 is 0. The van der Waals surface area contributed by atoms with Crippen LogP contribution in [0.1, 0.15) is 46.0 Å². The van der Waals surface area contributed by atoms with Gasteiger partial charge in [0.2, 0.25) is 0 Å². The summed E-state index contributed by atoms with van der Waals surface area (Å²) in [5.41, 5.74) is 3.09. The van der Waals surface area contributed by atoms with E-state index in [1.165, 1.54) is 32.1 Å². The smallest absolute Gasteiger partial charge is 0.0265 e. The fraction of sp³-hybridized carbons (Fsp3) is 1.00. The molecule has 2 heterocycles. The van der Waals surface area contributed by atoms with Crippen LogP contribution in [0.5, 0.6) is 0 Å². The van der Waals surface area contributed by atoms with Gasteiger partial charge in [-0.05, 0) is 44.6 Å². The van der Waals surface area contributed by atoms with E-state index >= 15 is 0 Å². The molecule has 2 aliphatic rings. The van der Waals surface area contributed by atoms with Crippen molar-refractivity contribution in [3.63, 3.8) is 0 Å². The number of fused-ring (bicyclic) bond motifs is 2. The van der Waals surface area contributed by atoms with Crippen molar-refractivity contribution in [3.8, 4) is 0 Å². The molecule has 0 amide bonds. The third-order valence-corrected chi connectivity index (χ3v) is 5.09. The largest absolute Gasteiger partial charge is 0.300 e. The third-order valence-electron chi connectivity index (χ3n) is 5.09. The second-order valence-electron chi connectivity index (χ2n) is 5.86. The number of rotatable bonds is 4. The highest BCUT2D eigenvalue weighted by molar-refractivity contribution is 4.97. The summed E-state index contributed by atoms with van der Waals surface area (Å²) in [5, 5.41) is 0. The molecular weight excluding hydrogens is 198 g/mol. The van der Waals surface area contributed by atoms with E-state index in [9.17, 15) is 0 Å². The van der Waals surface area contributed by atoms with Crippen LogP contribution in [-0.2, 0) is 0 Å². The number of nitrogens with one attached hydrogen (secondary N) is 1. The summed E-state index contributed by atoms with van der Waals surface area (Å²) in [5.74, 6) is 7.24. The Morgan fingerprint density at radius 1 is 1.31 bits per heavy atom. The quantitative estimate of drug-likeness (QED) is 0.565. The lowest BCUT2D eigenvalue weighted by Crippen LogP contribution is -2.51. The van der Waals surface area contributed by atoms with Crippen LogP contribution in [0, 0.1) is 11.8 Å². The molecule has 0 radical (unpaired) electrons. The lowest BCUT2D eigenvalue weighted by molar-refractivity contribution is 0.0970. The van der Waals surface area contributed by atoms with Gasteiger partial charge in [-0.25, -0.2) is 0 Å². The van der Waals surface area contributed by atoms with E-state index in [1.807, 2.05) is 0 Å². The molecule has 4 unspecified atom stereocenters. The first kappa shape index (κ1) is 12.3. The number of hydrazine groups is 1. The molecule has 0 spiro atoms. The van der Waals surface area contributed by atoms with Gasteiger partial charge in [0.15, 0.2) is 0 Å². The lowest BCUT2D eigenvalue weighted by atomic mass is 9.79. The zero-order valence-electron chi connectivity index (χ0n) is 10.9. The maximum absolute atomic E-state index is 5.76. The fourth-order valence-corrected chi connectivity index (χ4v) is 3.77. The molecule has 2 fully saturated rings. The maximum Gasteiger partial charge on any atom is 0.0265 e. The summed E-state index contributed by atoms with van der Waals surface area (Å²) in [7, 11) is 2.30. The van der Waals surface area contributed by atoms with Gasteiger partial charge in [0.1, 0.15) is 0 Å². The van der Waals surface area contributed by atoms with Gasteiger partial charge in [0.05, 0.1) is 0 Å². The average molecular weight is 225 g/mol. The Morgan fingerprint density at radius 3 is 2.31 bits per heavy atom. The number of nitrogens with two attached hydrogens (primary N) is 1. The SMILES string of the molecule is CCC(C)C(NN)C1CC2CCC(C1)N2C. The van der Waals surface area contributed by atoms with Crippen molar-refractivity contribution >= 4 is 0 Å². The molecule has 4 atom stereocenters. The highest BCUT2D eigenvalue weighted by Gasteiger charge is 2.41. The van der Waals surface area contributed by atoms with Crippen LogP contribution in [0.15, 0.2) is 0 Å². The summed E-state index contributed by atoms with van der Waals surface area (Å²) >= 11 is 0. The molecule has 2 rings (SSSR count). The van der Waals surface area contributed by atoms with Gasteiger partial charge in [0, 0.05) is 18.1 Å². The third kappa shape index (κ3) is 2.13. The van der Waals surface area contributed by atoms with Gasteiger partial charge in [-0.2, -0.15) is 0 Å². The van der Waals surface area contributed by atoms with Gasteiger partial charge in [-0.15, -0.1) is 0 Å². The molecule has 0 aromatic carbocycles. The minimum atomic E-state index is 0.516. The number of piperidine rings is 1. The summed E-state index contributed by atoms with van der Waals surface area (Å²) in [4.78, 5) is 2.60. The molecule has 3 N–H and O–H groups in total. The molecule has 2 bridgehead atoms. The molecule has 0 aliphatic carbocycles. The lowest BCUT2D eigenvalue weighted by Gasteiger charge is -2.41. The van der Waals surface area contributed by atoms with Gasteiger partial charge in [-0.1, -0.05) is 20.3 Å². The Hall–Kier alpha value is -0.120. The maximum atomic E-state index is 5.76. The van der Waals surface area contributed by atoms with Crippen molar-refractivity contribution in [2.75, 3.05) is 7.05 Å². The van der Waals surface area contributed by atoms with Crippen molar-refractivity contribution in [1.82, 2.24) is 10.3 Å². The van der Waals surface area contributed by atoms with Crippen molar-refractivity contribution in [2.45, 2.75) is 64.1 Å². The van der Waals surface area contributed by atoms with Crippen LogP contribution in [-0.4, -0.2) is 30.1 Å². The normalized spacial score (nSPS) is 38.6. The minimum absolute atomic E-state index is 0.516. The van der Waals surface area contributed by atoms with Gasteiger partial charge >= 0.3 is 0 Å². The zero-order valence-corrected chi connectivity index (χ0v) is 10.9. The fourth-order valence-electron chi connectivity index (χ4n) is 3.77. The van der Waals surface area contributed by atoms with Crippen LogP contribution in [0.25, 0.3) is 0 Å². The molecule has 0 aromatic rings. The van der Waals surface area contributed by atoms with Crippen LogP contribution in [0.4, 0.5) is 0 Å². The van der Waals surface area contributed by atoms with E-state index in [0.717, 1.165) is 18.0 Å². The van der Waals surface area contributed by atoms with Crippen LogP contribution in [0.3, 0.4) is 0 Å². The molecule has 0 saturated carbocycles. The molecule has 3 nitrogen and oxygen atoms in total. The molecular formula is C13H27N3. The second kappa shape index (κ2) is 5.03. The summed E-state index contributed by atoms with van der Waals surface area (Å²) in [6.07, 6.45) is 6.69. The summed E-state index contributed by atoms with van der Waals surface area (Å²) in [6.45, 7) is 4.59. The first-order valence-electron chi connectivity index (χ1n) is 6.85. The molecule has 3 heteroatoms. The van der Waals surface area contributed by atoms with Gasteiger partial charge in [-0.3, -0.25) is 11.3 Å². The predicted molar refractivity (Wildman–Crippen MR) is 67.9 cm³/mol.